The van der Waals surface area contributed by atoms with Gasteiger partial charge in [-0.1, -0.05) is 67.9 Å². The topological polar surface area (TPSA) is 24.4 Å². The van der Waals surface area contributed by atoms with Crippen molar-refractivity contribution >= 4 is 19.0 Å². The van der Waals surface area contributed by atoms with Crippen molar-refractivity contribution < 1.29 is 0 Å². The smallest absolute Gasteiger partial charge is 0.113 e. The van der Waals surface area contributed by atoms with Gasteiger partial charge in [0.25, 0.3) is 0 Å². The second-order valence-corrected chi connectivity index (χ2v) is 7.83. The minimum Gasteiger partial charge on any atom is -0.384 e. The summed E-state index contributed by atoms with van der Waals surface area (Å²) >= 11 is 0. The van der Waals surface area contributed by atoms with Gasteiger partial charge in [0.15, 0.2) is 0 Å². The third kappa shape index (κ3) is 5.59. The van der Waals surface area contributed by atoms with Crippen molar-refractivity contribution in [2.24, 2.45) is 10.9 Å². The van der Waals surface area contributed by atoms with Crippen LogP contribution < -0.4 is 10.8 Å². The highest BCUT2D eigenvalue weighted by atomic mass is 14.9. The average Bonchev–Trinajstić information content (AvgIpc) is 2.67. The van der Waals surface area contributed by atoms with Crippen LogP contribution in [0.5, 0.6) is 0 Å². The molecule has 3 rings (SSSR count). The molecule has 1 aromatic rings. The van der Waals surface area contributed by atoms with Crippen LogP contribution in [0.25, 0.3) is 0 Å². The number of hydrogen-bond acceptors (Lipinski definition) is 2. The summed E-state index contributed by atoms with van der Waals surface area (Å²) < 4.78 is 0. The third-order valence-electron chi connectivity index (χ3n) is 5.31. The van der Waals surface area contributed by atoms with Gasteiger partial charge in [0.05, 0.1) is 0 Å². The number of nitrogens with one attached hydrogen (secondary N) is 1. The zero-order valence-corrected chi connectivity index (χ0v) is 16.6. The lowest BCUT2D eigenvalue weighted by Crippen LogP contribution is -2.15. The molecule has 0 aromatic heterocycles. The van der Waals surface area contributed by atoms with E-state index in [-0.39, 0.29) is 0 Å². The second kappa shape index (κ2) is 9.08. The van der Waals surface area contributed by atoms with Gasteiger partial charge in [0.2, 0.25) is 0 Å². The molecule has 27 heavy (non-hydrogen) atoms. The van der Waals surface area contributed by atoms with Gasteiger partial charge in [-0.25, -0.2) is 0 Å². The van der Waals surface area contributed by atoms with E-state index in [9.17, 15) is 0 Å². The second-order valence-electron chi connectivity index (χ2n) is 7.83. The van der Waals surface area contributed by atoms with Gasteiger partial charge in [-0.15, -0.1) is 0 Å². The first-order valence-corrected chi connectivity index (χ1v) is 9.92. The minimum atomic E-state index is 0.647. The Morgan fingerprint density at radius 1 is 1.19 bits per heavy atom. The molecule has 1 aliphatic carbocycles. The third-order valence-corrected chi connectivity index (χ3v) is 5.31. The molecule has 1 heterocycles. The fourth-order valence-electron chi connectivity index (χ4n) is 3.60. The van der Waals surface area contributed by atoms with Crippen LogP contribution >= 0.6 is 0 Å². The molecule has 0 amide bonds. The first-order chi connectivity index (χ1) is 13.0. The van der Waals surface area contributed by atoms with Crippen molar-refractivity contribution in [3.8, 4) is 0 Å². The summed E-state index contributed by atoms with van der Waals surface area (Å²) in [6.45, 7) is 9.46. The fraction of sp³-hybridized carbons (Fsp3) is 0.375. The first-order valence-electron chi connectivity index (χ1n) is 9.92. The van der Waals surface area contributed by atoms with Gasteiger partial charge < -0.3 is 5.32 Å². The maximum atomic E-state index is 5.83. The monoisotopic (exact) mass is 356 g/mol. The van der Waals surface area contributed by atoms with Crippen LogP contribution in [-0.2, 0) is 6.54 Å². The molecule has 2 radical (unpaired) electrons. The van der Waals surface area contributed by atoms with Crippen molar-refractivity contribution in [3.05, 3.63) is 77.2 Å². The van der Waals surface area contributed by atoms with Crippen LogP contribution in [0.3, 0.4) is 0 Å². The Balaban J connectivity index is 1.53. The number of aliphatic imine (C=N–C) groups is 1. The number of hydrogen-bond donors (Lipinski definition) is 1. The first kappa shape index (κ1) is 19.5. The quantitative estimate of drug-likeness (QED) is 0.691. The van der Waals surface area contributed by atoms with E-state index in [1.165, 1.54) is 28.8 Å². The molecule has 0 fully saturated rings. The predicted molar refractivity (Wildman–Crippen MR) is 117 cm³/mol. The molecule has 0 unspecified atom stereocenters. The van der Waals surface area contributed by atoms with Crippen LogP contribution in [0.1, 0.15) is 51.5 Å². The molecule has 138 valence electrons. The normalized spacial score (nSPS) is 17.0. The molecule has 1 N–H and O–H groups in total. The standard InChI is InChI=1S/C24H29BN2/c1-17(2)21-8-10-22(11-9-21)24-12-7-20(16-27-24)13-18(3)26-15-19-5-4-6-23(25)14-19/h4-6,8,10,14,16-17,26H,3,7,9,11-13,15H2,1-2H3. The Kier molecular flexibility index (Phi) is 6.55. The summed E-state index contributed by atoms with van der Waals surface area (Å²) in [5, 5.41) is 3.40. The van der Waals surface area contributed by atoms with Crippen molar-refractivity contribution in [1.29, 1.82) is 0 Å². The summed E-state index contributed by atoms with van der Waals surface area (Å²) in [7, 11) is 5.83. The largest absolute Gasteiger partial charge is 0.384 e. The van der Waals surface area contributed by atoms with E-state index in [0.29, 0.717) is 5.92 Å². The summed E-state index contributed by atoms with van der Waals surface area (Å²) in [6.07, 6.45) is 11.9. The molecule has 0 saturated carbocycles. The van der Waals surface area contributed by atoms with Crippen LogP contribution in [0.2, 0.25) is 0 Å². The minimum absolute atomic E-state index is 0.647. The van der Waals surface area contributed by atoms with Gasteiger partial charge in [0, 0.05) is 30.6 Å². The lowest BCUT2D eigenvalue weighted by Gasteiger charge is -2.21. The van der Waals surface area contributed by atoms with Gasteiger partial charge >= 0.3 is 0 Å². The number of allylic oxidation sites excluding steroid dienone is 5. The molecule has 0 atom stereocenters. The van der Waals surface area contributed by atoms with E-state index < -0.39 is 0 Å². The molecule has 1 aliphatic heterocycles. The van der Waals surface area contributed by atoms with Crippen LogP contribution in [-0.4, -0.2) is 13.6 Å². The fourth-order valence-corrected chi connectivity index (χ4v) is 3.60. The molecule has 2 nitrogen and oxygen atoms in total. The van der Waals surface area contributed by atoms with Crippen molar-refractivity contribution in [1.82, 2.24) is 5.32 Å². The molecular weight excluding hydrogens is 327 g/mol. The summed E-state index contributed by atoms with van der Waals surface area (Å²) in [5.74, 6) is 0.647. The van der Waals surface area contributed by atoms with E-state index in [0.717, 1.165) is 43.4 Å². The van der Waals surface area contributed by atoms with Crippen molar-refractivity contribution in [2.45, 2.75) is 52.5 Å². The van der Waals surface area contributed by atoms with Gasteiger partial charge in [-0.2, -0.15) is 0 Å². The van der Waals surface area contributed by atoms with Gasteiger partial charge in [-0.3, -0.25) is 4.99 Å². The Hall–Kier alpha value is -2.29. The van der Waals surface area contributed by atoms with E-state index in [2.05, 4.69) is 50.2 Å². The maximum Gasteiger partial charge on any atom is 0.113 e. The Labute approximate surface area is 165 Å². The molecule has 0 bridgehead atoms. The predicted octanol–water partition coefficient (Wildman–Crippen LogP) is 4.90. The van der Waals surface area contributed by atoms with Crippen LogP contribution in [0.15, 0.2) is 76.6 Å². The van der Waals surface area contributed by atoms with Crippen LogP contribution in [0, 0.1) is 5.92 Å². The Morgan fingerprint density at radius 3 is 2.67 bits per heavy atom. The Bertz CT molecular complexity index is 825. The van der Waals surface area contributed by atoms with E-state index >= 15 is 0 Å². The molecule has 1 aromatic carbocycles. The lowest BCUT2D eigenvalue weighted by molar-refractivity contribution is 0.704. The lowest BCUT2D eigenvalue weighted by atomic mass is 9.87. The summed E-state index contributed by atoms with van der Waals surface area (Å²) in [6, 6.07) is 7.95. The van der Waals surface area contributed by atoms with E-state index in [1.54, 1.807) is 5.57 Å². The molecule has 0 saturated heterocycles. The highest BCUT2D eigenvalue weighted by Crippen LogP contribution is 2.28. The number of nitrogens with zero attached hydrogens (tertiary/aromatic N) is 1. The van der Waals surface area contributed by atoms with Crippen molar-refractivity contribution in [2.75, 3.05) is 0 Å². The number of rotatable bonds is 7. The zero-order valence-electron chi connectivity index (χ0n) is 16.6. The zero-order chi connectivity index (χ0) is 19.2. The average molecular weight is 356 g/mol. The van der Waals surface area contributed by atoms with E-state index in [1.807, 2.05) is 18.2 Å². The van der Waals surface area contributed by atoms with Crippen LogP contribution in [0.4, 0.5) is 0 Å². The molecule has 3 heteroatoms. The van der Waals surface area contributed by atoms with Gasteiger partial charge in [0.1, 0.15) is 7.85 Å². The summed E-state index contributed by atoms with van der Waals surface area (Å²) in [5.41, 5.74) is 8.57. The van der Waals surface area contributed by atoms with Gasteiger partial charge in [-0.05, 0) is 48.3 Å². The molecular formula is C24H29BN2. The molecule has 0 spiro atoms. The van der Waals surface area contributed by atoms with E-state index in [4.69, 9.17) is 12.8 Å². The Morgan fingerprint density at radius 2 is 2.04 bits per heavy atom. The summed E-state index contributed by atoms with van der Waals surface area (Å²) in [4.78, 5) is 4.76. The highest BCUT2D eigenvalue weighted by Gasteiger charge is 2.16. The highest BCUT2D eigenvalue weighted by molar-refractivity contribution is 6.32. The SMILES string of the molecule is [B]c1cccc(CNC(=C)CC2=CN=C(C3=CC=C(C(C)C)CC3)CC2)c1. The van der Waals surface area contributed by atoms with Crippen molar-refractivity contribution in [3.63, 3.8) is 0 Å². The number of benzene rings is 1. The maximum absolute atomic E-state index is 5.83. The molecule has 2 aliphatic rings.